The lowest BCUT2D eigenvalue weighted by molar-refractivity contribution is -0.0864. The molecule has 0 aliphatic heterocycles. The van der Waals surface area contributed by atoms with Crippen molar-refractivity contribution in [2.75, 3.05) is 0 Å². The summed E-state index contributed by atoms with van der Waals surface area (Å²) in [6.45, 7) is 13.8. The van der Waals surface area contributed by atoms with Gasteiger partial charge < -0.3 is 10.2 Å². The molecule has 3 atom stereocenters. The van der Waals surface area contributed by atoms with Gasteiger partial charge in [0.2, 0.25) is 0 Å². The molecule has 1 rings (SSSR count). The normalized spacial score (nSPS) is 30.9. The number of allylic oxidation sites excluding steroid dienone is 1. The summed E-state index contributed by atoms with van der Waals surface area (Å²) in [6.07, 6.45) is 5.48. The molecule has 2 nitrogen and oxygen atoms in total. The van der Waals surface area contributed by atoms with Gasteiger partial charge in [0, 0.05) is 5.41 Å². The molecule has 0 bridgehead atoms. The van der Waals surface area contributed by atoms with E-state index in [0.29, 0.717) is 6.42 Å². The largest absolute Gasteiger partial charge is 0.378 e. The highest BCUT2D eigenvalue weighted by Crippen LogP contribution is 2.46. The summed E-state index contributed by atoms with van der Waals surface area (Å²) in [5.74, 6) is 6.14. The van der Waals surface area contributed by atoms with Crippen LogP contribution in [0.5, 0.6) is 0 Å². The number of rotatable bonds is 4. The lowest BCUT2D eigenvalue weighted by Crippen LogP contribution is -2.51. The van der Waals surface area contributed by atoms with Gasteiger partial charge in [0.15, 0.2) is 0 Å². The van der Waals surface area contributed by atoms with E-state index in [1.54, 1.807) is 6.92 Å². The third-order valence-corrected chi connectivity index (χ3v) is 4.97. The summed E-state index contributed by atoms with van der Waals surface area (Å²) in [5.41, 5.74) is -1.16. The zero-order valence-corrected chi connectivity index (χ0v) is 14.4. The minimum atomic E-state index is -1.04. The monoisotopic (exact) mass is 292 g/mol. The van der Waals surface area contributed by atoms with Gasteiger partial charge in [-0.25, -0.2) is 0 Å². The van der Waals surface area contributed by atoms with E-state index in [2.05, 4.69) is 39.2 Å². The molecule has 0 saturated heterocycles. The van der Waals surface area contributed by atoms with Gasteiger partial charge in [0.05, 0.1) is 0 Å². The number of hydrogen-bond donors (Lipinski definition) is 2. The highest BCUT2D eigenvalue weighted by molar-refractivity contribution is 5.25. The minimum Gasteiger partial charge on any atom is -0.378 e. The van der Waals surface area contributed by atoms with E-state index >= 15 is 0 Å². The predicted octanol–water partition coefficient (Wildman–Crippen LogP) is 4.06. The summed E-state index contributed by atoms with van der Waals surface area (Å²) in [4.78, 5) is 0. The molecule has 1 fully saturated rings. The van der Waals surface area contributed by atoms with Gasteiger partial charge in [-0.3, -0.25) is 0 Å². The quantitative estimate of drug-likeness (QED) is 0.606. The topological polar surface area (TPSA) is 40.5 Å². The Morgan fingerprint density at radius 2 is 2.05 bits per heavy atom. The Morgan fingerprint density at radius 3 is 2.57 bits per heavy atom. The molecule has 1 saturated carbocycles. The molecule has 0 spiro atoms. The second kappa shape index (κ2) is 6.55. The maximum atomic E-state index is 11.0. The van der Waals surface area contributed by atoms with E-state index in [1.807, 2.05) is 6.92 Å². The van der Waals surface area contributed by atoms with Crippen molar-refractivity contribution in [3.05, 3.63) is 12.2 Å². The van der Waals surface area contributed by atoms with Crippen LogP contribution < -0.4 is 0 Å². The Balaban J connectivity index is 2.84. The summed E-state index contributed by atoms with van der Waals surface area (Å²) in [7, 11) is 0. The van der Waals surface area contributed by atoms with Gasteiger partial charge in [0.1, 0.15) is 11.2 Å². The molecule has 0 heterocycles. The first kappa shape index (κ1) is 18.3. The second-order valence-corrected chi connectivity index (χ2v) is 7.78. The van der Waals surface area contributed by atoms with Gasteiger partial charge in [-0.05, 0) is 51.9 Å². The van der Waals surface area contributed by atoms with Gasteiger partial charge in [-0.2, -0.15) is 0 Å². The SMILES string of the molecule is C=C(C)CCCC(C)(O)C#CC1(O)C(C)CCCC1(C)C. The Hall–Kier alpha value is -0.780. The molecule has 120 valence electrons. The van der Waals surface area contributed by atoms with Crippen LogP contribution in [0.1, 0.15) is 73.1 Å². The molecule has 0 aromatic heterocycles. The maximum absolute atomic E-state index is 11.0. The van der Waals surface area contributed by atoms with Crippen LogP contribution in [0.3, 0.4) is 0 Å². The average molecular weight is 292 g/mol. The summed E-state index contributed by atoms with van der Waals surface area (Å²) < 4.78 is 0. The molecule has 2 heteroatoms. The molecule has 2 N–H and O–H groups in total. The van der Waals surface area contributed by atoms with Crippen molar-refractivity contribution in [3.63, 3.8) is 0 Å². The van der Waals surface area contributed by atoms with Crippen LogP contribution >= 0.6 is 0 Å². The zero-order chi connectivity index (χ0) is 16.3. The van der Waals surface area contributed by atoms with Crippen LogP contribution in [0.2, 0.25) is 0 Å². The van der Waals surface area contributed by atoms with Crippen molar-refractivity contribution in [2.24, 2.45) is 11.3 Å². The molecule has 0 amide bonds. The van der Waals surface area contributed by atoms with Crippen LogP contribution in [-0.4, -0.2) is 21.4 Å². The number of aliphatic hydroxyl groups is 2. The number of hydrogen-bond acceptors (Lipinski definition) is 2. The Kier molecular flexibility index (Phi) is 5.69. The fraction of sp³-hybridized carbons (Fsp3) is 0.789. The van der Waals surface area contributed by atoms with Crippen molar-refractivity contribution in [2.45, 2.75) is 84.3 Å². The van der Waals surface area contributed by atoms with Crippen molar-refractivity contribution < 1.29 is 10.2 Å². The van der Waals surface area contributed by atoms with Gasteiger partial charge in [0.25, 0.3) is 0 Å². The third-order valence-electron chi connectivity index (χ3n) is 4.97. The second-order valence-electron chi connectivity index (χ2n) is 7.78. The molecular formula is C19H32O2. The molecule has 1 aliphatic rings. The van der Waals surface area contributed by atoms with Crippen LogP contribution in [0.4, 0.5) is 0 Å². The van der Waals surface area contributed by atoms with Gasteiger partial charge in [-0.15, -0.1) is 6.58 Å². The fourth-order valence-electron chi connectivity index (χ4n) is 3.24. The molecule has 3 unspecified atom stereocenters. The van der Waals surface area contributed by atoms with E-state index in [1.165, 1.54) is 0 Å². The molecule has 0 aromatic carbocycles. The lowest BCUT2D eigenvalue weighted by atomic mass is 9.61. The van der Waals surface area contributed by atoms with Gasteiger partial charge in [-0.1, -0.05) is 44.6 Å². The highest BCUT2D eigenvalue weighted by Gasteiger charge is 2.48. The average Bonchev–Trinajstić information content (AvgIpc) is 2.33. The predicted molar refractivity (Wildman–Crippen MR) is 88.8 cm³/mol. The van der Waals surface area contributed by atoms with Crippen LogP contribution in [0, 0.1) is 23.2 Å². The summed E-state index contributed by atoms with van der Waals surface area (Å²) in [5, 5.41) is 21.5. The van der Waals surface area contributed by atoms with Crippen molar-refractivity contribution in [1.29, 1.82) is 0 Å². The Labute approximate surface area is 130 Å². The first-order chi connectivity index (χ1) is 9.50. The fourth-order valence-corrected chi connectivity index (χ4v) is 3.24. The van der Waals surface area contributed by atoms with Crippen LogP contribution in [-0.2, 0) is 0 Å². The standard InChI is InChI=1S/C19H32O2/c1-15(2)9-7-12-18(6,20)13-14-19(21)16(3)10-8-11-17(19,4)5/h16,20-21H,1,7-12H2,2-6H3. The lowest BCUT2D eigenvalue weighted by Gasteiger charge is -2.47. The van der Waals surface area contributed by atoms with Crippen molar-refractivity contribution in [3.8, 4) is 11.8 Å². The van der Waals surface area contributed by atoms with Crippen LogP contribution in [0.15, 0.2) is 12.2 Å². The zero-order valence-electron chi connectivity index (χ0n) is 14.4. The third kappa shape index (κ3) is 4.59. The maximum Gasteiger partial charge on any atom is 0.133 e. The first-order valence-corrected chi connectivity index (χ1v) is 8.14. The summed E-state index contributed by atoms with van der Waals surface area (Å²) in [6, 6.07) is 0. The van der Waals surface area contributed by atoms with Crippen molar-refractivity contribution in [1.82, 2.24) is 0 Å². The first-order valence-electron chi connectivity index (χ1n) is 8.14. The Bertz CT molecular complexity index is 436. The molecule has 1 aliphatic carbocycles. The van der Waals surface area contributed by atoms with E-state index < -0.39 is 11.2 Å². The smallest absolute Gasteiger partial charge is 0.133 e. The van der Waals surface area contributed by atoms with E-state index in [9.17, 15) is 10.2 Å². The molecular weight excluding hydrogens is 260 g/mol. The van der Waals surface area contributed by atoms with Gasteiger partial charge >= 0.3 is 0 Å². The van der Waals surface area contributed by atoms with E-state index in [4.69, 9.17) is 0 Å². The summed E-state index contributed by atoms with van der Waals surface area (Å²) >= 11 is 0. The molecule has 0 aromatic rings. The molecule has 0 radical (unpaired) electrons. The highest BCUT2D eigenvalue weighted by atomic mass is 16.3. The van der Waals surface area contributed by atoms with Crippen molar-refractivity contribution >= 4 is 0 Å². The Morgan fingerprint density at radius 1 is 1.43 bits per heavy atom. The minimum absolute atomic E-state index is 0.139. The van der Waals surface area contributed by atoms with E-state index in [-0.39, 0.29) is 11.3 Å². The van der Waals surface area contributed by atoms with Crippen LogP contribution in [0.25, 0.3) is 0 Å². The van der Waals surface area contributed by atoms with E-state index in [0.717, 1.165) is 37.7 Å². The molecule has 21 heavy (non-hydrogen) atoms.